The molecule has 0 aromatic heterocycles. The van der Waals surface area contributed by atoms with Crippen LogP contribution in [0.2, 0.25) is 0 Å². The molecule has 0 bridgehead atoms. The summed E-state index contributed by atoms with van der Waals surface area (Å²) < 4.78 is 0. The van der Waals surface area contributed by atoms with Gasteiger partial charge < -0.3 is 0 Å². The molecule has 6 rings (SSSR count). The Morgan fingerprint density at radius 2 is 1.28 bits per heavy atom. The Kier molecular flexibility index (Phi) is 2.48. The average Bonchev–Trinajstić information content (AvgIpc) is 2.67. The first kappa shape index (κ1) is 13.2. The van der Waals surface area contributed by atoms with E-state index in [1.54, 1.807) is 0 Å². The molecule has 5 aromatic carbocycles. The molecule has 25 heavy (non-hydrogen) atoms. The molecule has 0 saturated heterocycles. The zero-order valence-corrected chi connectivity index (χ0v) is 13.8. The lowest BCUT2D eigenvalue weighted by Gasteiger charge is -2.22. The first-order valence-electron chi connectivity index (χ1n) is 8.84. The highest BCUT2D eigenvalue weighted by Gasteiger charge is 2.18. The van der Waals surface area contributed by atoms with Crippen molar-refractivity contribution in [2.75, 3.05) is 0 Å². The third kappa shape index (κ3) is 1.77. The Hall–Kier alpha value is -3.12. The molecule has 0 aliphatic heterocycles. The fraction of sp³-hybridized carbons (Fsp3) is 0.0400. The highest BCUT2D eigenvalue weighted by Crippen LogP contribution is 2.41. The zero-order valence-electron chi connectivity index (χ0n) is 13.8. The molecule has 0 atom stereocenters. The fourth-order valence-corrected chi connectivity index (χ4v) is 4.49. The van der Waals surface area contributed by atoms with Gasteiger partial charge in [-0.1, -0.05) is 72.8 Å². The summed E-state index contributed by atoms with van der Waals surface area (Å²) in [4.78, 5) is 0. The molecule has 0 saturated carbocycles. The topological polar surface area (TPSA) is 0 Å². The SMILES string of the molecule is c1cc2c3c(cccc3c1)-c1cc3ccc4ccccc4c3cc1C2. The van der Waals surface area contributed by atoms with Gasteiger partial charge in [0.1, 0.15) is 0 Å². The fourth-order valence-electron chi connectivity index (χ4n) is 4.49. The number of hydrogen-bond donors (Lipinski definition) is 0. The number of hydrogen-bond acceptors (Lipinski definition) is 0. The molecular formula is C25H16. The van der Waals surface area contributed by atoms with Crippen LogP contribution in [0.3, 0.4) is 0 Å². The largest absolute Gasteiger partial charge is 0.0616 e. The van der Waals surface area contributed by atoms with Crippen LogP contribution < -0.4 is 0 Å². The summed E-state index contributed by atoms with van der Waals surface area (Å²) in [6.07, 6.45) is 1.02. The van der Waals surface area contributed by atoms with Crippen molar-refractivity contribution in [3.63, 3.8) is 0 Å². The molecule has 0 heteroatoms. The molecule has 0 fully saturated rings. The zero-order chi connectivity index (χ0) is 16.4. The summed E-state index contributed by atoms with van der Waals surface area (Å²) in [7, 11) is 0. The van der Waals surface area contributed by atoms with Gasteiger partial charge in [-0.25, -0.2) is 0 Å². The van der Waals surface area contributed by atoms with E-state index in [1.165, 1.54) is 54.6 Å². The van der Waals surface area contributed by atoms with Crippen molar-refractivity contribution in [1.82, 2.24) is 0 Å². The molecule has 0 nitrogen and oxygen atoms in total. The highest BCUT2D eigenvalue weighted by atomic mass is 14.2. The molecule has 0 amide bonds. The van der Waals surface area contributed by atoms with Crippen LogP contribution in [0.15, 0.2) is 84.9 Å². The summed E-state index contributed by atoms with van der Waals surface area (Å²) in [6.45, 7) is 0. The van der Waals surface area contributed by atoms with Crippen molar-refractivity contribution < 1.29 is 0 Å². The second-order valence-electron chi connectivity index (χ2n) is 7.01. The Morgan fingerprint density at radius 1 is 0.480 bits per heavy atom. The van der Waals surface area contributed by atoms with Gasteiger partial charge in [-0.3, -0.25) is 0 Å². The van der Waals surface area contributed by atoms with Gasteiger partial charge in [0.05, 0.1) is 0 Å². The number of rotatable bonds is 0. The molecule has 0 N–H and O–H groups in total. The molecule has 5 aromatic rings. The van der Waals surface area contributed by atoms with Crippen molar-refractivity contribution in [1.29, 1.82) is 0 Å². The maximum absolute atomic E-state index is 2.42. The predicted molar refractivity (Wildman–Crippen MR) is 107 cm³/mol. The van der Waals surface area contributed by atoms with Crippen LogP contribution >= 0.6 is 0 Å². The van der Waals surface area contributed by atoms with E-state index in [4.69, 9.17) is 0 Å². The average molecular weight is 316 g/mol. The van der Waals surface area contributed by atoms with E-state index in [2.05, 4.69) is 84.9 Å². The van der Waals surface area contributed by atoms with E-state index in [0.29, 0.717) is 0 Å². The standard InChI is InChI=1S/C25H16/c1-2-9-21-16(5-1)11-12-18-14-24-20(15-23(18)21)13-19-8-3-6-17-7-4-10-22(24)25(17)19/h1-12,14-15H,13H2. The predicted octanol–water partition coefficient (Wildman–Crippen LogP) is 6.72. The molecule has 0 unspecified atom stereocenters. The van der Waals surface area contributed by atoms with Crippen LogP contribution in [0.4, 0.5) is 0 Å². The van der Waals surface area contributed by atoms with Gasteiger partial charge in [0.25, 0.3) is 0 Å². The van der Waals surface area contributed by atoms with E-state index in [-0.39, 0.29) is 0 Å². The Labute approximate surface area is 146 Å². The minimum absolute atomic E-state index is 1.02. The van der Waals surface area contributed by atoms with Gasteiger partial charge in [0.15, 0.2) is 0 Å². The molecule has 0 spiro atoms. The van der Waals surface area contributed by atoms with Gasteiger partial charge in [-0.05, 0) is 73.1 Å². The van der Waals surface area contributed by atoms with Crippen LogP contribution in [0.5, 0.6) is 0 Å². The van der Waals surface area contributed by atoms with Crippen LogP contribution in [0.1, 0.15) is 11.1 Å². The van der Waals surface area contributed by atoms with Crippen LogP contribution in [-0.2, 0) is 6.42 Å². The van der Waals surface area contributed by atoms with Crippen molar-refractivity contribution in [3.8, 4) is 11.1 Å². The summed E-state index contributed by atoms with van der Waals surface area (Å²) in [6, 6.07) is 31.4. The van der Waals surface area contributed by atoms with E-state index < -0.39 is 0 Å². The maximum atomic E-state index is 2.42. The number of benzene rings is 5. The Morgan fingerprint density at radius 3 is 2.24 bits per heavy atom. The van der Waals surface area contributed by atoms with Crippen molar-refractivity contribution >= 4 is 32.3 Å². The van der Waals surface area contributed by atoms with Crippen LogP contribution in [0, 0.1) is 0 Å². The van der Waals surface area contributed by atoms with Crippen LogP contribution in [0.25, 0.3) is 43.4 Å². The maximum Gasteiger partial charge on any atom is -0.00130 e. The minimum atomic E-state index is 1.02. The molecule has 116 valence electrons. The summed E-state index contributed by atoms with van der Waals surface area (Å²) in [5.41, 5.74) is 5.66. The first-order chi connectivity index (χ1) is 12.4. The molecule has 1 aliphatic carbocycles. The van der Waals surface area contributed by atoms with Crippen molar-refractivity contribution in [2.24, 2.45) is 0 Å². The van der Waals surface area contributed by atoms with Crippen molar-refractivity contribution in [3.05, 3.63) is 96.1 Å². The lowest BCUT2D eigenvalue weighted by molar-refractivity contribution is 1.21. The lowest BCUT2D eigenvalue weighted by Crippen LogP contribution is -2.01. The second kappa shape index (κ2) is 4.70. The lowest BCUT2D eigenvalue weighted by atomic mass is 9.82. The quantitative estimate of drug-likeness (QED) is 0.273. The third-order valence-electron chi connectivity index (χ3n) is 5.63. The smallest absolute Gasteiger partial charge is 0.00130 e. The van der Waals surface area contributed by atoms with Gasteiger partial charge in [0, 0.05) is 0 Å². The normalized spacial score (nSPS) is 12.6. The Bertz CT molecular complexity index is 1300. The molecule has 0 radical (unpaired) electrons. The van der Waals surface area contributed by atoms with Crippen LogP contribution in [-0.4, -0.2) is 0 Å². The minimum Gasteiger partial charge on any atom is -0.0616 e. The third-order valence-corrected chi connectivity index (χ3v) is 5.63. The van der Waals surface area contributed by atoms with E-state index in [1.807, 2.05) is 0 Å². The van der Waals surface area contributed by atoms with Gasteiger partial charge >= 0.3 is 0 Å². The number of fused-ring (bicyclic) bond motifs is 5. The van der Waals surface area contributed by atoms with E-state index >= 15 is 0 Å². The molecule has 1 aliphatic rings. The summed E-state index contributed by atoms with van der Waals surface area (Å²) in [5.74, 6) is 0. The highest BCUT2D eigenvalue weighted by molar-refractivity contribution is 6.11. The summed E-state index contributed by atoms with van der Waals surface area (Å²) in [5, 5.41) is 8.13. The second-order valence-corrected chi connectivity index (χ2v) is 7.01. The van der Waals surface area contributed by atoms with Crippen molar-refractivity contribution in [2.45, 2.75) is 6.42 Å². The van der Waals surface area contributed by atoms with Gasteiger partial charge in [-0.15, -0.1) is 0 Å². The van der Waals surface area contributed by atoms with Gasteiger partial charge in [-0.2, -0.15) is 0 Å². The van der Waals surface area contributed by atoms with Gasteiger partial charge in [0.2, 0.25) is 0 Å². The Balaban J connectivity index is 1.76. The van der Waals surface area contributed by atoms with E-state index in [0.717, 1.165) is 6.42 Å². The monoisotopic (exact) mass is 316 g/mol. The molecule has 0 heterocycles. The first-order valence-corrected chi connectivity index (χ1v) is 8.84. The van der Waals surface area contributed by atoms with E-state index in [9.17, 15) is 0 Å². The molecular weight excluding hydrogens is 300 g/mol. The summed E-state index contributed by atoms with van der Waals surface area (Å²) >= 11 is 0.